The molecule has 30 heavy (non-hydrogen) atoms. The number of rotatable bonds is 8. The molecular formula is C22H27N3O3S2. The molecule has 0 atom stereocenters. The summed E-state index contributed by atoms with van der Waals surface area (Å²) in [4.78, 5) is 19.8. The third-order valence-electron chi connectivity index (χ3n) is 4.73. The summed E-state index contributed by atoms with van der Waals surface area (Å²) in [6.07, 6.45) is 0. The van der Waals surface area contributed by atoms with Crippen molar-refractivity contribution in [2.45, 2.75) is 32.6 Å². The van der Waals surface area contributed by atoms with Gasteiger partial charge < -0.3 is 0 Å². The first-order valence-corrected chi connectivity index (χ1v) is 12.3. The summed E-state index contributed by atoms with van der Waals surface area (Å²) < 4.78 is 28.2. The molecule has 6 nitrogen and oxygen atoms in total. The van der Waals surface area contributed by atoms with E-state index in [9.17, 15) is 13.2 Å². The Balaban J connectivity index is 2.01. The molecule has 0 aliphatic carbocycles. The van der Waals surface area contributed by atoms with Crippen LogP contribution < -0.4 is 4.90 Å². The zero-order valence-electron chi connectivity index (χ0n) is 17.7. The first-order valence-electron chi connectivity index (χ1n) is 10.1. The molecule has 160 valence electrons. The van der Waals surface area contributed by atoms with Gasteiger partial charge >= 0.3 is 0 Å². The summed E-state index contributed by atoms with van der Waals surface area (Å²) in [5, 5.41) is 0.618. The highest BCUT2D eigenvalue weighted by molar-refractivity contribution is 7.89. The van der Waals surface area contributed by atoms with E-state index in [4.69, 9.17) is 0 Å². The van der Waals surface area contributed by atoms with Gasteiger partial charge in [-0.15, -0.1) is 0 Å². The average molecular weight is 446 g/mol. The summed E-state index contributed by atoms with van der Waals surface area (Å²) >= 11 is 1.46. The van der Waals surface area contributed by atoms with Crippen molar-refractivity contribution in [3.8, 4) is 0 Å². The van der Waals surface area contributed by atoms with Gasteiger partial charge in [-0.2, -0.15) is 4.31 Å². The van der Waals surface area contributed by atoms with E-state index >= 15 is 0 Å². The fourth-order valence-electron chi connectivity index (χ4n) is 3.25. The van der Waals surface area contributed by atoms with Gasteiger partial charge in [0.25, 0.3) is 5.91 Å². The predicted octanol–water partition coefficient (Wildman–Crippen LogP) is 4.63. The van der Waals surface area contributed by atoms with Crippen LogP contribution in [-0.4, -0.2) is 43.2 Å². The second-order valence-corrected chi connectivity index (χ2v) is 10.3. The molecule has 0 radical (unpaired) electrons. The molecule has 0 aliphatic rings. The van der Waals surface area contributed by atoms with Gasteiger partial charge in [0, 0.05) is 25.2 Å². The molecule has 0 saturated carbocycles. The van der Waals surface area contributed by atoms with Crippen molar-refractivity contribution in [3.63, 3.8) is 0 Å². The number of amides is 1. The van der Waals surface area contributed by atoms with Crippen molar-refractivity contribution in [2.75, 3.05) is 24.5 Å². The summed E-state index contributed by atoms with van der Waals surface area (Å²) in [6.45, 7) is 8.92. The maximum atomic E-state index is 13.4. The molecule has 3 aromatic rings. The molecule has 0 saturated heterocycles. The van der Waals surface area contributed by atoms with Crippen molar-refractivity contribution >= 4 is 42.6 Å². The standard InChI is InChI=1S/C22H27N3O3S2/c1-5-24(6-2)30(27,28)18-11-9-10-17(14-18)21(26)25(15-16(3)4)22-23-19-12-7-8-13-20(19)29-22/h7-14,16H,5-6,15H2,1-4H3. The SMILES string of the molecule is CCN(CC)S(=O)(=O)c1cccc(C(=O)N(CC(C)C)c2nc3ccccc3s2)c1. The molecule has 1 heterocycles. The van der Waals surface area contributed by atoms with Gasteiger partial charge in [-0.3, -0.25) is 9.69 Å². The zero-order chi connectivity index (χ0) is 21.9. The molecule has 3 rings (SSSR count). The number of hydrogen-bond donors (Lipinski definition) is 0. The van der Waals surface area contributed by atoms with E-state index in [2.05, 4.69) is 4.98 Å². The maximum Gasteiger partial charge on any atom is 0.260 e. The number of nitrogens with zero attached hydrogens (tertiary/aromatic N) is 3. The molecule has 8 heteroatoms. The Labute approximate surface area is 182 Å². The van der Waals surface area contributed by atoms with Crippen LogP contribution in [0.15, 0.2) is 53.4 Å². The molecule has 0 aliphatic heterocycles. The van der Waals surface area contributed by atoms with Gasteiger partial charge in [0.2, 0.25) is 10.0 Å². The lowest BCUT2D eigenvalue weighted by atomic mass is 10.1. The average Bonchev–Trinajstić information content (AvgIpc) is 3.16. The molecule has 1 aromatic heterocycles. The molecule has 0 spiro atoms. The second-order valence-electron chi connectivity index (χ2n) is 7.39. The number of thiazole rings is 1. The van der Waals surface area contributed by atoms with Crippen LogP contribution in [0.3, 0.4) is 0 Å². The lowest BCUT2D eigenvalue weighted by Crippen LogP contribution is -2.34. The maximum absolute atomic E-state index is 13.4. The summed E-state index contributed by atoms with van der Waals surface area (Å²) in [7, 11) is -3.64. The Hall–Kier alpha value is -2.29. The molecule has 0 bridgehead atoms. The Morgan fingerprint density at radius 1 is 1.07 bits per heavy atom. The molecule has 0 unspecified atom stereocenters. The van der Waals surface area contributed by atoms with Crippen molar-refractivity contribution in [1.82, 2.24) is 9.29 Å². The number of benzene rings is 2. The van der Waals surface area contributed by atoms with E-state index in [1.54, 1.807) is 30.9 Å². The van der Waals surface area contributed by atoms with Crippen LogP contribution in [0.1, 0.15) is 38.1 Å². The van der Waals surface area contributed by atoms with Crippen molar-refractivity contribution in [2.24, 2.45) is 5.92 Å². The van der Waals surface area contributed by atoms with Crippen LogP contribution in [-0.2, 0) is 10.0 Å². The third-order valence-corrected chi connectivity index (χ3v) is 7.84. The van der Waals surface area contributed by atoms with Gasteiger partial charge in [-0.1, -0.05) is 57.2 Å². The van der Waals surface area contributed by atoms with Crippen molar-refractivity contribution in [3.05, 3.63) is 54.1 Å². The molecule has 0 N–H and O–H groups in total. The Morgan fingerprint density at radius 2 is 1.77 bits per heavy atom. The molecule has 1 amide bonds. The normalized spacial score (nSPS) is 12.1. The quantitative estimate of drug-likeness (QED) is 0.507. The topological polar surface area (TPSA) is 70.6 Å². The highest BCUT2D eigenvalue weighted by Crippen LogP contribution is 2.30. The zero-order valence-corrected chi connectivity index (χ0v) is 19.3. The van der Waals surface area contributed by atoms with E-state index in [1.165, 1.54) is 27.8 Å². The Morgan fingerprint density at radius 3 is 2.40 bits per heavy atom. The van der Waals surface area contributed by atoms with Crippen molar-refractivity contribution < 1.29 is 13.2 Å². The summed E-state index contributed by atoms with van der Waals surface area (Å²) in [5.41, 5.74) is 1.18. The van der Waals surface area contributed by atoms with Crippen LogP contribution in [0, 0.1) is 5.92 Å². The molecule has 0 fully saturated rings. The van der Waals surface area contributed by atoms with E-state index in [0.717, 1.165) is 10.2 Å². The highest BCUT2D eigenvalue weighted by Gasteiger charge is 2.26. The van der Waals surface area contributed by atoms with Crippen LogP contribution in [0.25, 0.3) is 10.2 Å². The highest BCUT2D eigenvalue weighted by atomic mass is 32.2. The van der Waals surface area contributed by atoms with Gasteiger partial charge in [0.1, 0.15) is 0 Å². The van der Waals surface area contributed by atoms with Crippen LogP contribution in [0.4, 0.5) is 5.13 Å². The van der Waals surface area contributed by atoms with E-state index in [0.29, 0.717) is 30.3 Å². The van der Waals surface area contributed by atoms with Crippen molar-refractivity contribution in [1.29, 1.82) is 0 Å². The Kier molecular flexibility index (Phi) is 6.90. The summed E-state index contributed by atoms with van der Waals surface area (Å²) in [5.74, 6) is -0.0251. The molecular weight excluding hydrogens is 418 g/mol. The third kappa shape index (κ3) is 4.55. The number of fused-ring (bicyclic) bond motifs is 1. The first kappa shape index (κ1) is 22.4. The largest absolute Gasteiger partial charge is 0.284 e. The number of carbonyl (C=O) groups excluding carboxylic acids is 1. The van der Waals surface area contributed by atoms with E-state index < -0.39 is 10.0 Å². The van der Waals surface area contributed by atoms with E-state index in [1.807, 2.05) is 38.1 Å². The number of carbonyl (C=O) groups is 1. The first-order chi connectivity index (χ1) is 14.3. The predicted molar refractivity (Wildman–Crippen MR) is 123 cm³/mol. The van der Waals surface area contributed by atoms with Gasteiger partial charge in [0.15, 0.2) is 5.13 Å². The fraction of sp³-hybridized carbons (Fsp3) is 0.364. The van der Waals surface area contributed by atoms with Gasteiger partial charge in [0.05, 0.1) is 15.1 Å². The Bertz CT molecular complexity index is 1100. The van der Waals surface area contributed by atoms with Crippen LogP contribution in [0.2, 0.25) is 0 Å². The second kappa shape index (κ2) is 9.24. The van der Waals surface area contributed by atoms with Crippen LogP contribution in [0.5, 0.6) is 0 Å². The number of anilines is 1. The molecule has 2 aromatic carbocycles. The smallest absolute Gasteiger partial charge is 0.260 e. The fourth-order valence-corrected chi connectivity index (χ4v) is 5.72. The lowest BCUT2D eigenvalue weighted by Gasteiger charge is -2.23. The van der Waals surface area contributed by atoms with Crippen LogP contribution >= 0.6 is 11.3 Å². The minimum Gasteiger partial charge on any atom is -0.284 e. The monoisotopic (exact) mass is 445 g/mol. The van der Waals surface area contributed by atoms with E-state index in [-0.39, 0.29) is 16.7 Å². The minimum atomic E-state index is -3.64. The number of sulfonamides is 1. The van der Waals surface area contributed by atoms with Gasteiger partial charge in [-0.05, 0) is 36.2 Å². The lowest BCUT2D eigenvalue weighted by molar-refractivity contribution is 0.0983. The minimum absolute atomic E-state index is 0.130. The number of para-hydroxylation sites is 1. The number of aromatic nitrogens is 1. The van der Waals surface area contributed by atoms with Gasteiger partial charge in [-0.25, -0.2) is 13.4 Å². The number of hydrogen-bond acceptors (Lipinski definition) is 5. The summed E-state index contributed by atoms with van der Waals surface area (Å²) in [6, 6.07) is 14.0.